The number of carbonyl (C=O) groups is 3. The van der Waals surface area contributed by atoms with Gasteiger partial charge in [-0.1, -0.05) is 79.4 Å². The van der Waals surface area contributed by atoms with E-state index in [-0.39, 0.29) is 54.0 Å². The number of esters is 3. The molecule has 0 amide bonds. The van der Waals surface area contributed by atoms with Crippen LogP contribution in [-0.2, 0) is 20.1 Å². The van der Waals surface area contributed by atoms with Gasteiger partial charge < -0.3 is 29.2 Å². The third kappa shape index (κ3) is 10.1. The molecule has 0 saturated carbocycles. The van der Waals surface area contributed by atoms with Gasteiger partial charge >= 0.3 is 38.0 Å². The number of rotatable bonds is 9. The molecule has 7 aromatic rings. The molecular weight excluding hydrogens is 1070 g/mol. The summed E-state index contributed by atoms with van der Waals surface area (Å²) in [6.45, 7) is 0. The summed E-state index contributed by atoms with van der Waals surface area (Å²) in [5, 5.41) is 0. The number of nitrogens with zero attached hydrogens (tertiary/aromatic N) is 3. The van der Waals surface area contributed by atoms with Crippen molar-refractivity contribution >= 4 is 65.7 Å². The summed E-state index contributed by atoms with van der Waals surface area (Å²) in [4.78, 5) is 53.6. The van der Waals surface area contributed by atoms with Crippen molar-refractivity contribution in [2.75, 3.05) is 0 Å². The summed E-state index contributed by atoms with van der Waals surface area (Å²) < 4.78 is 19.4. The fourth-order valence-electron chi connectivity index (χ4n) is 5.04. The van der Waals surface area contributed by atoms with Crippen LogP contribution >= 0.6 is 47.8 Å². The molecule has 0 unspecified atom stereocenters. The van der Waals surface area contributed by atoms with Crippen molar-refractivity contribution in [2.24, 2.45) is 0 Å². The van der Waals surface area contributed by atoms with E-state index in [2.05, 4.69) is 80.9 Å². The maximum absolute atomic E-state index is 13.5. The Morgan fingerprint density at radius 1 is 0.436 bits per heavy atom. The van der Waals surface area contributed by atoms with Gasteiger partial charge in [-0.25, -0.2) is 14.4 Å². The van der Waals surface area contributed by atoms with E-state index < -0.39 is 17.9 Å². The number of hydrogen-bond acceptors (Lipinski definition) is 9. The first-order chi connectivity index (χ1) is 26.2. The maximum Gasteiger partial charge on any atom is 3.00 e. The van der Waals surface area contributed by atoms with Crippen LogP contribution in [-0.4, -0.2) is 32.9 Å². The molecule has 0 fully saturated rings. The van der Waals surface area contributed by atoms with Crippen molar-refractivity contribution in [2.45, 2.75) is 0 Å². The van der Waals surface area contributed by atoms with Crippen LogP contribution in [0, 0.1) is 18.2 Å². The fraction of sp³-hybridized carbons (Fsp3) is 0. The molecule has 9 nitrogen and oxygen atoms in total. The molecule has 7 rings (SSSR count). The third-order valence-corrected chi connectivity index (χ3v) is 9.08. The molecule has 3 heterocycles. The minimum atomic E-state index is -0.852. The zero-order valence-electron chi connectivity index (χ0n) is 27.9. The van der Waals surface area contributed by atoms with E-state index in [1.54, 1.807) is 54.6 Å². The molecule has 0 aliphatic heterocycles. The normalized spacial score (nSPS) is 10.5. The van der Waals surface area contributed by atoms with Crippen LogP contribution in [0.2, 0.25) is 0 Å². The number of hydrogen-bond donors (Lipinski definition) is 0. The quantitative estimate of drug-likeness (QED) is 0.103. The van der Waals surface area contributed by atoms with Gasteiger partial charge in [0.15, 0.2) is 0 Å². The summed E-state index contributed by atoms with van der Waals surface area (Å²) >= 11 is 10.3. The van der Waals surface area contributed by atoms with Gasteiger partial charge in [-0.3, -0.25) is 0 Å². The van der Waals surface area contributed by atoms with E-state index in [1.165, 1.54) is 36.8 Å². The molecule has 0 N–H and O–H groups in total. The summed E-state index contributed by atoms with van der Waals surface area (Å²) in [5.41, 5.74) is 3.72. The minimum absolute atomic E-state index is 0. The van der Waals surface area contributed by atoms with Gasteiger partial charge in [0.25, 0.3) is 0 Å². The predicted octanol–water partition coefficient (Wildman–Crippen LogP) is 10.2. The van der Waals surface area contributed by atoms with Crippen molar-refractivity contribution in [1.82, 2.24) is 15.0 Å². The van der Waals surface area contributed by atoms with Crippen molar-refractivity contribution in [1.29, 1.82) is 0 Å². The second-order valence-electron chi connectivity index (χ2n) is 11.4. The molecule has 3 aromatic heterocycles. The first-order valence-corrected chi connectivity index (χ1v) is 18.3. The van der Waals surface area contributed by atoms with Crippen LogP contribution < -0.4 is 14.2 Å². The van der Waals surface area contributed by atoms with Gasteiger partial charge in [0.05, 0.1) is 35.3 Å². The second-order valence-corrected chi connectivity index (χ2v) is 14.1. The summed E-state index contributed by atoms with van der Waals surface area (Å²) in [6, 6.07) is 39.3. The fourth-order valence-corrected chi connectivity index (χ4v) is 6.12. The molecule has 0 bridgehead atoms. The smallest absolute Gasteiger partial charge is 0.421 e. The Bertz CT molecular complexity index is 2230. The molecule has 55 heavy (non-hydrogen) atoms. The molecule has 0 atom stereocenters. The molecule has 4 aromatic carbocycles. The predicted molar refractivity (Wildman–Crippen MR) is 210 cm³/mol. The van der Waals surface area contributed by atoms with E-state index in [0.717, 1.165) is 30.1 Å². The Hall–Kier alpha value is -5.17. The molecule has 13 heteroatoms. The Morgan fingerprint density at radius 2 is 0.727 bits per heavy atom. The van der Waals surface area contributed by atoms with Crippen LogP contribution in [0.25, 0.3) is 33.8 Å². The summed E-state index contributed by atoms with van der Waals surface area (Å²) in [6.07, 6.45) is 4.17. The van der Waals surface area contributed by atoms with Gasteiger partial charge in [0, 0.05) is 0 Å². The van der Waals surface area contributed by atoms with Gasteiger partial charge in [-0.05, 0) is 53.5 Å². The van der Waals surface area contributed by atoms with Crippen molar-refractivity contribution < 1.29 is 48.7 Å². The van der Waals surface area contributed by atoms with Gasteiger partial charge in [-0.2, -0.15) is 0 Å². The van der Waals surface area contributed by atoms with Crippen molar-refractivity contribution in [3.05, 3.63) is 176 Å². The van der Waals surface area contributed by atoms with Gasteiger partial charge in [-0.15, -0.1) is 89.5 Å². The number of benzene rings is 4. The van der Waals surface area contributed by atoms with Gasteiger partial charge in [0.2, 0.25) is 0 Å². The minimum Gasteiger partial charge on any atom is -0.421 e. The number of carbonyl (C=O) groups excluding carboxylic acids is 3. The van der Waals surface area contributed by atoms with Gasteiger partial charge in [0.1, 0.15) is 17.2 Å². The van der Waals surface area contributed by atoms with Crippen molar-refractivity contribution in [3.63, 3.8) is 0 Å². The summed E-state index contributed by atoms with van der Waals surface area (Å²) in [7, 11) is 0. The van der Waals surface area contributed by atoms with E-state index in [0.29, 0.717) is 17.1 Å². The van der Waals surface area contributed by atoms with Crippen molar-refractivity contribution in [3.8, 4) is 51.0 Å². The van der Waals surface area contributed by atoms with E-state index in [4.69, 9.17) is 14.2 Å². The Labute approximate surface area is 353 Å². The molecule has 0 spiro atoms. The summed E-state index contributed by atoms with van der Waals surface area (Å²) in [5.74, 6) is -2.14. The molecule has 270 valence electrons. The van der Waals surface area contributed by atoms with E-state index in [9.17, 15) is 14.4 Å². The van der Waals surface area contributed by atoms with Crippen LogP contribution in [0.3, 0.4) is 0 Å². The second kappa shape index (κ2) is 18.0. The van der Waals surface area contributed by atoms with Crippen LogP contribution in [0.15, 0.2) is 141 Å². The van der Waals surface area contributed by atoms with Crippen LogP contribution in [0.4, 0.5) is 0 Å². The maximum atomic E-state index is 13.5. The Kier molecular flexibility index (Phi) is 12.9. The van der Waals surface area contributed by atoms with E-state index >= 15 is 0 Å². The third-order valence-electron chi connectivity index (χ3n) is 7.60. The Morgan fingerprint density at radius 3 is 0.964 bits per heavy atom. The topological polar surface area (TPSA) is 118 Å². The first kappa shape index (κ1) is 39.5. The zero-order valence-corrected chi connectivity index (χ0v) is 35.0. The van der Waals surface area contributed by atoms with Crippen LogP contribution in [0.1, 0.15) is 31.1 Å². The first-order valence-electron chi connectivity index (χ1n) is 15.9. The zero-order chi connectivity index (χ0) is 37.6. The number of pyridine rings is 3. The molecule has 0 aliphatic rings. The molecular formula is C42H21Br3IrN3O6. The number of aromatic nitrogens is 3. The largest absolute Gasteiger partial charge is 3.00 e. The monoisotopic (exact) mass is 1090 g/mol. The molecule has 0 saturated heterocycles. The standard InChI is InChI=1S/C42H21Br3N3O6.Ir/c43-31-7-1-4-25(19-31)37-13-10-34(22-46-37)52-40(49)28-16-29(41(50)53-35-11-14-38(47-23-35)26-5-2-8-32(44)20-26)18-30(17-28)42(51)54-36-12-15-39(48-24-36)27-6-3-9-33(45)21-27;/h1-3,7-24H;/q-3;+3. The van der Waals surface area contributed by atoms with E-state index in [1.807, 2.05) is 36.4 Å². The number of ether oxygens (including phenoxy) is 3. The molecule has 0 aliphatic carbocycles. The SMILES string of the molecule is O=C(Oc1ccc(-c2[c-]ccc(Br)c2)nc1)c1cc(C(=O)Oc2ccc(-c3[c-]ccc(Br)c3)nc2)cc(C(=O)Oc2ccc(-c3[c-]ccc(Br)c3)nc2)c1.[Ir+3]. The average molecular weight is 1100 g/mol. The average Bonchev–Trinajstić information content (AvgIpc) is 3.18. The van der Waals surface area contributed by atoms with Crippen LogP contribution in [0.5, 0.6) is 17.2 Å². The number of halogens is 3. The molecule has 0 radical (unpaired) electrons. The Balaban J connectivity index is 0.00000514.